The van der Waals surface area contributed by atoms with Gasteiger partial charge in [0.2, 0.25) is 5.91 Å². The molecule has 0 bridgehead atoms. The Morgan fingerprint density at radius 3 is 3.00 bits per heavy atom. The summed E-state index contributed by atoms with van der Waals surface area (Å²) >= 11 is 0. The molecule has 3 N–H and O–H groups in total. The van der Waals surface area contributed by atoms with E-state index in [-0.39, 0.29) is 19.0 Å². The molecule has 0 unspecified atom stereocenters. The average molecular weight is 234 g/mol. The number of hydrogen-bond acceptors (Lipinski definition) is 4. The molecule has 0 amide bonds. The monoisotopic (exact) mass is 233 g/mol. The number of aromatic amines is 1. The Labute approximate surface area is 91.8 Å². The zero-order valence-electron chi connectivity index (χ0n) is 7.99. The molecule has 2 rings (SSSR count). The van der Waals surface area contributed by atoms with Crippen LogP contribution in [0.4, 0.5) is 0 Å². The Morgan fingerprint density at radius 2 is 2.33 bits per heavy atom. The number of carbonyl (C=O) groups excluding carboxylic acids is 1. The molecule has 1 aromatic rings. The van der Waals surface area contributed by atoms with Gasteiger partial charge in [-0.3, -0.25) is 4.79 Å². The van der Waals surface area contributed by atoms with Gasteiger partial charge in [0.1, 0.15) is 0 Å². The van der Waals surface area contributed by atoms with Crippen molar-refractivity contribution in [3.8, 4) is 0 Å². The molecule has 1 aromatic heterocycles. The summed E-state index contributed by atoms with van der Waals surface area (Å²) in [7, 11) is 0. The van der Waals surface area contributed by atoms with Crippen LogP contribution in [0.2, 0.25) is 0 Å². The smallest absolute Gasteiger partial charge is 0.332 e. The first-order valence-electron chi connectivity index (χ1n) is 4.38. The summed E-state index contributed by atoms with van der Waals surface area (Å²) < 4.78 is 6.24. The number of ether oxygens (including phenoxy) is 1. The Hall–Kier alpha value is -1.11. The molecule has 84 valence electrons. The van der Waals surface area contributed by atoms with Gasteiger partial charge >= 0.3 is 5.69 Å². The van der Waals surface area contributed by atoms with Gasteiger partial charge in [0, 0.05) is 12.1 Å². The van der Waals surface area contributed by atoms with Crippen molar-refractivity contribution in [2.24, 2.45) is 5.73 Å². The second-order valence-corrected chi connectivity index (χ2v) is 3.09. The van der Waals surface area contributed by atoms with Gasteiger partial charge in [-0.15, -0.1) is 12.4 Å². The molecule has 15 heavy (non-hydrogen) atoms. The first-order valence-corrected chi connectivity index (χ1v) is 4.38. The number of nitrogens with two attached hydrogens (primary N) is 1. The normalized spacial score (nSPS) is 14.2. The second kappa shape index (κ2) is 4.61. The molecule has 0 aliphatic carbocycles. The first kappa shape index (κ1) is 12.0. The van der Waals surface area contributed by atoms with E-state index < -0.39 is 11.6 Å². The molecule has 0 saturated carbocycles. The van der Waals surface area contributed by atoms with E-state index in [4.69, 9.17) is 10.5 Å². The van der Waals surface area contributed by atoms with E-state index in [1.54, 1.807) is 0 Å². The van der Waals surface area contributed by atoms with Crippen molar-refractivity contribution in [2.75, 3.05) is 13.2 Å². The van der Waals surface area contributed by atoms with Crippen LogP contribution >= 0.6 is 12.4 Å². The number of nitrogens with one attached hydrogen (secondary N) is 1. The van der Waals surface area contributed by atoms with Crippen LogP contribution in [0.25, 0.3) is 0 Å². The van der Waals surface area contributed by atoms with Gasteiger partial charge in [0.15, 0.2) is 0 Å². The minimum absolute atomic E-state index is 0. The summed E-state index contributed by atoms with van der Waals surface area (Å²) in [5.74, 6) is -0.405. The van der Waals surface area contributed by atoms with Crippen molar-refractivity contribution >= 4 is 18.3 Å². The summed E-state index contributed by atoms with van der Waals surface area (Å²) in [6, 6.07) is 0. The Balaban J connectivity index is 0.00000112. The van der Waals surface area contributed by atoms with Gasteiger partial charge in [0.05, 0.1) is 25.5 Å². The molecular weight excluding hydrogens is 222 g/mol. The van der Waals surface area contributed by atoms with E-state index in [0.29, 0.717) is 25.3 Å². The molecule has 2 heterocycles. The summed E-state index contributed by atoms with van der Waals surface area (Å²) in [6.07, 6.45) is 0.634. The van der Waals surface area contributed by atoms with Crippen LogP contribution in [0.5, 0.6) is 0 Å². The molecule has 1 aliphatic heterocycles. The van der Waals surface area contributed by atoms with Gasteiger partial charge in [-0.2, -0.15) is 0 Å². The maximum absolute atomic E-state index is 11.4. The zero-order valence-corrected chi connectivity index (χ0v) is 8.80. The number of fused-ring (bicyclic) bond motifs is 1. The minimum Gasteiger partial charge on any atom is -0.375 e. The van der Waals surface area contributed by atoms with Crippen molar-refractivity contribution in [3.63, 3.8) is 0 Å². The summed E-state index contributed by atoms with van der Waals surface area (Å²) in [5.41, 5.74) is 6.17. The number of hydrogen-bond donors (Lipinski definition) is 2. The highest BCUT2D eigenvalue weighted by molar-refractivity contribution is 5.85. The van der Waals surface area contributed by atoms with E-state index >= 15 is 0 Å². The maximum atomic E-state index is 11.4. The highest BCUT2D eigenvalue weighted by Gasteiger charge is 2.20. The number of carbonyl (C=O) groups is 1. The third-order valence-corrected chi connectivity index (χ3v) is 2.24. The van der Waals surface area contributed by atoms with Gasteiger partial charge in [-0.25, -0.2) is 9.36 Å². The third-order valence-electron chi connectivity index (χ3n) is 2.24. The van der Waals surface area contributed by atoms with Crippen LogP contribution in [-0.4, -0.2) is 28.6 Å². The molecule has 0 saturated heterocycles. The van der Waals surface area contributed by atoms with Gasteiger partial charge in [0.25, 0.3) is 0 Å². The lowest BCUT2D eigenvalue weighted by Gasteiger charge is -2.13. The number of nitrogens with zero attached hydrogens (tertiary/aromatic N) is 1. The van der Waals surface area contributed by atoms with Crippen molar-refractivity contribution in [2.45, 2.75) is 13.0 Å². The molecule has 7 heteroatoms. The second-order valence-electron chi connectivity index (χ2n) is 3.09. The summed E-state index contributed by atoms with van der Waals surface area (Å²) in [5, 5.41) is 0. The highest BCUT2D eigenvalue weighted by Crippen LogP contribution is 2.12. The van der Waals surface area contributed by atoms with Crippen LogP contribution in [0.15, 0.2) is 4.79 Å². The van der Waals surface area contributed by atoms with E-state index in [1.165, 1.54) is 0 Å². The Kier molecular flexibility index (Phi) is 3.67. The third kappa shape index (κ3) is 1.97. The fourth-order valence-corrected chi connectivity index (χ4v) is 1.57. The highest BCUT2D eigenvalue weighted by atomic mass is 35.5. The van der Waals surface area contributed by atoms with E-state index in [2.05, 4.69) is 4.98 Å². The average Bonchev–Trinajstić information content (AvgIpc) is 2.53. The first-order chi connectivity index (χ1) is 6.74. The molecule has 0 aromatic carbocycles. The minimum atomic E-state index is -0.420. The Morgan fingerprint density at radius 1 is 1.60 bits per heavy atom. The number of H-pyrrole nitrogens is 1. The summed E-state index contributed by atoms with van der Waals surface area (Å²) in [4.78, 5) is 25.3. The van der Waals surface area contributed by atoms with Crippen molar-refractivity contribution in [3.05, 3.63) is 21.9 Å². The van der Waals surface area contributed by atoms with E-state index in [9.17, 15) is 9.59 Å². The number of halogens is 1. The van der Waals surface area contributed by atoms with Crippen LogP contribution in [-0.2, 0) is 17.8 Å². The van der Waals surface area contributed by atoms with Gasteiger partial charge in [-0.05, 0) is 0 Å². The van der Waals surface area contributed by atoms with Gasteiger partial charge in [-0.1, -0.05) is 0 Å². The van der Waals surface area contributed by atoms with Crippen LogP contribution < -0.4 is 11.4 Å². The summed E-state index contributed by atoms with van der Waals surface area (Å²) in [6.45, 7) is 0.688. The maximum Gasteiger partial charge on any atom is 0.332 e. The fraction of sp³-hybridized carbons (Fsp3) is 0.500. The SMILES string of the molecule is Cl.NCC(=O)n1c2c([nH]c1=O)CCOC2. The van der Waals surface area contributed by atoms with E-state index in [1.807, 2.05) is 0 Å². The van der Waals surface area contributed by atoms with E-state index in [0.717, 1.165) is 10.3 Å². The molecular formula is C8H12ClN3O3. The van der Waals surface area contributed by atoms with Crippen molar-refractivity contribution in [1.82, 2.24) is 9.55 Å². The Bertz CT molecular complexity index is 423. The number of imidazole rings is 1. The lowest BCUT2D eigenvalue weighted by molar-refractivity contribution is 0.0855. The topological polar surface area (TPSA) is 90.1 Å². The number of rotatable bonds is 1. The van der Waals surface area contributed by atoms with Crippen LogP contribution in [0.3, 0.4) is 0 Å². The van der Waals surface area contributed by atoms with Crippen molar-refractivity contribution in [1.29, 1.82) is 0 Å². The predicted octanol–water partition coefficient (Wildman–Crippen LogP) is -0.730. The quantitative estimate of drug-likeness (QED) is 0.669. The van der Waals surface area contributed by atoms with Crippen LogP contribution in [0.1, 0.15) is 16.2 Å². The standard InChI is InChI=1S/C8H11N3O3.ClH/c9-3-7(12)11-6-4-14-2-1-5(6)10-8(11)13;/h1-4,9H2,(H,10,13);1H. The zero-order chi connectivity index (χ0) is 10.1. The van der Waals surface area contributed by atoms with Gasteiger partial charge < -0.3 is 15.5 Å². The molecule has 0 spiro atoms. The fourth-order valence-electron chi connectivity index (χ4n) is 1.57. The lowest BCUT2D eigenvalue weighted by atomic mass is 10.2. The van der Waals surface area contributed by atoms with Crippen molar-refractivity contribution < 1.29 is 9.53 Å². The number of aromatic nitrogens is 2. The molecule has 6 nitrogen and oxygen atoms in total. The van der Waals surface area contributed by atoms with Crippen LogP contribution in [0, 0.1) is 0 Å². The molecule has 0 atom stereocenters. The predicted molar refractivity (Wildman–Crippen MR) is 55.3 cm³/mol. The molecule has 0 fully saturated rings. The molecule has 0 radical (unpaired) electrons. The largest absolute Gasteiger partial charge is 0.375 e. The molecule has 1 aliphatic rings. The lowest BCUT2D eigenvalue weighted by Crippen LogP contribution is -2.31.